The minimum atomic E-state index is -0.230. The molecular weight excluding hydrogens is 260 g/mol. The van der Waals surface area contributed by atoms with E-state index in [4.69, 9.17) is 0 Å². The Hall–Kier alpha value is -1.10. The quantitative estimate of drug-likeness (QED) is 0.854. The van der Waals surface area contributed by atoms with E-state index >= 15 is 0 Å². The van der Waals surface area contributed by atoms with Gasteiger partial charge in [-0.3, -0.25) is 4.79 Å². The van der Waals surface area contributed by atoms with Crippen LogP contribution in [0.25, 0.3) is 0 Å². The molecule has 0 saturated carbocycles. The predicted octanol–water partition coefficient (Wildman–Crippen LogP) is 2.13. The topological polar surface area (TPSA) is 51.2 Å². The van der Waals surface area contributed by atoms with Crippen LogP contribution >= 0.6 is 15.9 Å². The molecule has 0 radical (unpaired) electrons. The van der Waals surface area contributed by atoms with Gasteiger partial charge < -0.3 is 10.1 Å². The van der Waals surface area contributed by atoms with E-state index in [1.54, 1.807) is 6.20 Å². The van der Waals surface area contributed by atoms with Gasteiger partial charge in [0, 0.05) is 12.7 Å². The van der Waals surface area contributed by atoms with Gasteiger partial charge in [0.15, 0.2) is 0 Å². The van der Waals surface area contributed by atoms with Crippen molar-refractivity contribution in [3.05, 3.63) is 22.3 Å². The third-order valence-corrected chi connectivity index (χ3v) is 2.93. The van der Waals surface area contributed by atoms with Crippen molar-refractivity contribution >= 4 is 27.7 Å². The second-order valence-corrected chi connectivity index (χ2v) is 3.84. The summed E-state index contributed by atoms with van der Waals surface area (Å²) in [5.74, 6) is 0.519. The minimum Gasteiger partial charge on any atom is -0.469 e. The number of carbonyl (C=O) groups is 1. The number of rotatable bonds is 4. The van der Waals surface area contributed by atoms with Crippen LogP contribution < -0.4 is 5.32 Å². The Labute approximate surface area is 97.2 Å². The van der Waals surface area contributed by atoms with Crippen LogP contribution in [0.4, 0.5) is 5.82 Å². The highest BCUT2D eigenvalue weighted by Gasteiger charge is 2.04. The maximum Gasteiger partial charge on any atom is 0.307 e. The summed E-state index contributed by atoms with van der Waals surface area (Å²) in [6.45, 7) is 2.50. The first-order valence-corrected chi connectivity index (χ1v) is 5.36. The standard InChI is InChI=1S/C10H13BrN2O2/c1-7-3-5-12-10(9(7)11)13-6-4-8(14)15-2/h3,5H,4,6H2,1-2H3,(H,12,13). The van der Waals surface area contributed by atoms with Crippen LogP contribution in [-0.2, 0) is 9.53 Å². The van der Waals surface area contributed by atoms with Gasteiger partial charge >= 0.3 is 5.97 Å². The molecule has 0 aromatic carbocycles. The van der Waals surface area contributed by atoms with Crippen molar-refractivity contribution in [2.24, 2.45) is 0 Å². The molecule has 15 heavy (non-hydrogen) atoms. The number of methoxy groups -OCH3 is 1. The minimum absolute atomic E-state index is 0.230. The lowest BCUT2D eigenvalue weighted by atomic mass is 10.3. The average molecular weight is 273 g/mol. The molecule has 1 N–H and O–H groups in total. The molecule has 0 bridgehead atoms. The van der Waals surface area contributed by atoms with Crippen LogP contribution in [0.1, 0.15) is 12.0 Å². The molecule has 0 saturated heterocycles. The number of carbonyl (C=O) groups excluding carboxylic acids is 1. The summed E-state index contributed by atoms with van der Waals surface area (Å²) in [6, 6.07) is 1.91. The van der Waals surface area contributed by atoms with Gasteiger partial charge in [-0.15, -0.1) is 0 Å². The molecule has 82 valence electrons. The second kappa shape index (κ2) is 5.70. The molecule has 4 nitrogen and oxygen atoms in total. The predicted molar refractivity (Wildman–Crippen MR) is 61.8 cm³/mol. The van der Waals surface area contributed by atoms with Gasteiger partial charge in [0.1, 0.15) is 5.82 Å². The van der Waals surface area contributed by atoms with Crippen LogP contribution in [-0.4, -0.2) is 24.6 Å². The van der Waals surface area contributed by atoms with E-state index in [2.05, 4.69) is 31.0 Å². The lowest BCUT2D eigenvalue weighted by Crippen LogP contribution is -2.10. The van der Waals surface area contributed by atoms with Gasteiger partial charge in [0.05, 0.1) is 18.0 Å². The summed E-state index contributed by atoms with van der Waals surface area (Å²) in [4.78, 5) is 15.0. The molecule has 0 unspecified atom stereocenters. The number of hydrogen-bond donors (Lipinski definition) is 1. The molecule has 1 aromatic heterocycles. The molecule has 1 aromatic rings. The first-order chi connectivity index (χ1) is 7.15. The molecule has 1 rings (SSSR count). The van der Waals surface area contributed by atoms with E-state index in [-0.39, 0.29) is 5.97 Å². The van der Waals surface area contributed by atoms with Gasteiger partial charge in [-0.25, -0.2) is 4.98 Å². The molecule has 0 spiro atoms. The SMILES string of the molecule is COC(=O)CCNc1nccc(C)c1Br. The molecule has 0 fully saturated rings. The number of hydrogen-bond acceptors (Lipinski definition) is 4. The van der Waals surface area contributed by atoms with Gasteiger partial charge in [0.25, 0.3) is 0 Å². The van der Waals surface area contributed by atoms with Crippen LogP contribution in [0.15, 0.2) is 16.7 Å². The highest BCUT2D eigenvalue weighted by molar-refractivity contribution is 9.10. The second-order valence-electron chi connectivity index (χ2n) is 3.04. The summed E-state index contributed by atoms with van der Waals surface area (Å²) in [6.07, 6.45) is 2.05. The van der Waals surface area contributed by atoms with Gasteiger partial charge in [-0.05, 0) is 34.5 Å². The van der Waals surface area contributed by atoms with Crippen LogP contribution in [0.3, 0.4) is 0 Å². The highest BCUT2D eigenvalue weighted by Crippen LogP contribution is 2.22. The lowest BCUT2D eigenvalue weighted by molar-refractivity contribution is -0.140. The smallest absolute Gasteiger partial charge is 0.307 e. The Kier molecular flexibility index (Phi) is 4.55. The number of pyridine rings is 1. The summed E-state index contributed by atoms with van der Waals surface area (Å²) >= 11 is 3.42. The first kappa shape index (κ1) is 12.0. The molecule has 0 aliphatic carbocycles. The number of nitrogens with one attached hydrogen (secondary N) is 1. The third kappa shape index (κ3) is 3.51. The van der Waals surface area contributed by atoms with Crippen molar-refractivity contribution in [1.82, 2.24) is 4.98 Å². The largest absolute Gasteiger partial charge is 0.469 e. The zero-order chi connectivity index (χ0) is 11.3. The summed E-state index contributed by atoms with van der Waals surface area (Å²) in [7, 11) is 1.38. The highest BCUT2D eigenvalue weighted by atomic mass is 79.9. The normalized spacial score (nSPS) is 9.80. The van der Waals surface area contributed by atoms with E-state index in [9.17, 15) is 4.79 Å². The van der Waals surface area contributed by atoms with E-state index in [0.29, 0.717) is 13.0 Å². The van der Waals surface area contributed by atoms with Gasteiger partial charge in [-0.1, -0.05) is 0 Å². The maximum absolute atomic E-state index is 10.9. The Balaban J connectivity index is 2.51. The van der Waals surface area contributed by atoms with E-state index < -0.39 is 0 Å². The summed E-state index contributed by atoms with van der Waals surface area (Å²) in [5.41, 5.74) is 1.10. The van der Waals surface area contributed by atoms with Crippen LogP contribution in [0.5, 0.6) is 0 Å². The number of esters is 1. The molecule has 0 aliphatic heterocycles. The van der Waals surface area contributed by atoms with Gasteiger partial charge in [0.2, 0.25) is 0 Å². The van der Waals surface area contributed by atoms with Crippen molar-refractivity contribution in [2.75, 3.05) is 19.0 Å². The number of nitrogens with zero attached hydrogens (tertiary/aromatic N) is 1. The average Bonchev–Trinajstić information content (AvgIpc) is 2.24. The number of halogens is 1. The summed E-state index contributed by atoms with van der Waals surface area (Å²) < 4.78 is 5.46. The van der Waals surface area contributed by atoms with Crippen molar-refractivity contribution in [3.8, 4) is 0 Å². The number of aromatic nitrogens is 1. The zero-order valence-electron chi connectivity index (χ0n) is 8.71. The Bertz CT molecular complexity index is 355. The van der Waals surface area contributed by atoms with Gasteiger partial charge in [-0.2, -0.15) is 0 Å². The van der Waals surface area contributed by atoms with Crippen LogP contribution in [0, 0.1) is 6.92 Å². The lowest BCUT2D eigenvalue weighted by Gasteiger charge is -2.07. The number of aryl methyl sites for hydroxylation is 1. The van der Waals surface area contributed by atoms with E-state index in [1.807, 2.05) is 13.0 Å². The Morgan fingerprint density at radius 3 is 3.07 bits per heavy atom. The molecule has 0 aliphatic rings. The van der Waals surface area contributed by atoms with E-state index in [0.717, 1.165) is 15.9 Å². The fraction of sp³-hybridized carbons (Fsp3) is 0.400. The fourth-order valence-corrected chi connectivity index (χ4v) is 1.42. The first-order valence-electron chi connectivity index (χ1n) is 4.57. The van der Waals surface area contributed by atoms with Crippen molar-refractivity contribution in [2.45, 2.75) is 13.3 Å². The summed E-state index contributed by atoms with van der Waals surface area (Å²) in [5, 5.41) is 3.06. The molecule has 1 heterocycles. The fourth-order valence-electron chi connectivity index (χ4n) is 1.05. The number of ether oxygens (including phenoxy) is 1. The Morgan fingerprint density at radius 2 is 2.40 bits per heavy atom. The molecule has 5 heteroatoms. The Morgan fingerprint density at radius 1 is 1.67 bits per heavy atom. The van der Waals surface area contributed by atoms with Crippen molar-refractivity contribution in [1.29, 1.82) is 0 Å². The monoisotopic (exact) mass is 272 g/mol. The molecule has 0 atom stereocenters. The maximum atomic E-state index is 10.9. The van der Waals surface area contributed by atoms with Crippen LogP contribution in [0.2, 0.25) is 0 Å². The third-order valence-electron chi connectivity index (χ3n) is 1.93. The molecular formula is C10H13BrN2O2. The van der Waals surface area contributed by atoms with Crippen molar-refractivity contribution < 1.29 is 9.53 Å². The zero-order valence-corrected chi connectivity index (χ0v) is 10.3. The molecule has 0 amide bonds. The van der Waals surface area contributed by atoms with E-state index in [1.165, 1.54) is 7.11 Å². The van der Waals surface area contributed by atoms with Crippen molar-refractivity contribution in [3.63, 3.8) is 0 Å². The number of anilines is 1.